The molecule has 0 heterocycles. The molecular formula is C18H25FO2. The summed E-state index contributed by atoms with van der Waals surface area (Å²) in [5.74, 6) is 1.91. The third kappa shape index (κ3) is 4.44. The molecule has 0 aliphatic heterocycles. The van der Waals surface area contributed by atoms with Crippen LogP contribution >= 0.6 is 0 Å². The van der Waals surface area contributed by atoms with Gasteiger partial charge in [-0.3, -0.25) is 0 Å². The zero-order valence-corrected chi connectivity index (χ0v) is 12.8. The number of ether oxygens (including phenoxy) is 2. The second kappa shape index (κ2) is 6.78. The van der Waals surface area contributed by atoms with Crippen molar-refractivity contribution in [2.75, 3.05) is 6.61 Å². The Morgan fingerprint density at radius 3 is 2.52 bits per heavy atom. The molecule has 1 aromatic rings. The minimum absolute atomic E-state index is 0.215. The molecule has 2 fully saturated rings. The van der Waals surface area contributed by atoms with Crippen molar-refractivity contribution < 1.29 is 13.9 Å². The van der Waals surface area contributed by atoms with E-state index >= 15 is 0 Å². The Kier molecular flexibility index (Phi) is 4.79. The molecule has 0 saturated heterocycles. The molecule has 0 aromatic heterocycles. The maximum absolute atomic E-state index is 14.0. The quantitative estimate of drug-likeness (QED) is 0.756. The summed E-state index contributed by atoms with van der Waals surface area (Å²) in [6.45, 7) is 3.37. The van der Waals surface area contributed by atoms with Crippen LogP contribution in [0.5, 0.6) is 5.75 Å². The lowest BCUT2D eigenvalue weighted by atomic mass is 9.89. The monoisotopic (exact) mass is 292 g/mol. The van der Waals surface area contributed by atoms with Gasteiger partial charge in [-0.05, 0) is 56.4 Å². The Balaban J connectivity index is 1.48. The van der Waals surface area contributed by atoms with Crippen molar-refractivity contribution in [1.82, 2.24) is 0 Å². The lowest BCUT2D eigenvalue weighted by molar-refractivity contribution is 0.00757. The molecule has 2 aliphatic carbocycles. The molecule has 3 heteroatoms. The van der Waals surface area contributed by atoms with Gasteiger partial charge in [-0.2, -0.15) is 0 Å². The van der Waals surface area contributed by atoms with Crippen LogP contribution in [-0.2, 0) is 11.3 Å². The van der Waals surface area contributed by atoms with Crippen LogP contribution in [0.1, 0.15) is 51.0 Å². The van der Waals surface area contributed by atoms with E-state index in [0.717, 1.165) is 25.4 Å². The highest BCUT2D eigenvalue weighted by molar-refractivity contribution is 5.28. The molecule has 0 unspecified atom stereocenters. The van der Waals surface area contributed by atoms with Gasteiger partial charge in [0.05, 0.1) is 19.3 Å². The first-order valence-corrected chi connectivity index (χ1v) is 8.23. The number of halogens is 1. The van der Waals surface area contributed by atoms with Gasteiger partial charge in [0.2, 0.25) is 0 Å². The SMILES string of the molecule is CC1CCC(OCc2ccc(OCC3CC3)cc2F)CC1. The first-order chi connectivity index (χ1) is 10.2. The molecule has 0 N–H and O–H groups in total. The third-order valence-corrected chi connectivity index (χ3v) is 4.64. The topological polar surface area (TPSA) is 18.5 Å². The Morgan fingerprint density at radius 2 is 1.86 bits per heavy atom. The first kappa shape index (κ1) is 14.8. The molecule has 3 rings (SSSR count). The standard InChI is InChI=1S/C18H25FO2/c1-13-2-7-16(8-3-13)21-12-15-6-9-17(10-18(15)19)20-11-14-4-5-14/h6,9-10,13-14,16H,2-5,7-8,11-12H2,1H3. The lowest BCUT2D eigenvalue weighted by Gasteiger charge is -2.26. The van der Waals surface area contributed by atoms with Gasteiger partial charge in [0, 0.05) is 11.6 Å². The molecule has 1 aromatic carbocycles. The Labute approximate surface area is 126 Å². The Morgan fingerprint density at radius 1 is 1.10 bits per heavy atom. The zero-order valence-electron chi connectivity index (χ0n) is 12.8. The molecule has 0 spiro atoms. The second-order valence-corrected chi connectivity index (χ2v) is 6.70. The second-order valence-electron chi connectivity index (χ2n) is 6.70. The summed E-state index contributed by atoms with van der Waals surface area (Å²) in [7, 11) is 0. The fourth-order valence-electron chi connectivity index (χ4n) is 2.84. The molecule has 21 heavy (non-hydrogen) atoms. The minimum Gasteiger partial charge on any atom is -0.493 e. The van der Waals surface area contributed by atoms with Crippen LogP contribution in [0.15, 0.2) is 18.2 Å². The number of hydrogen-bond donors (Lipinski definition) is 0. The number of rotatable bonds is 6. The summed E-state index contributed by atoms with van der Waals surface area (Å²) >= 11 is 0. The molecule has 0 bridgehead atoms. The van der Waals surface area contributed by atoms with Crippen LogP contribution in [-0.4, -0.2) is 12.7 Å². The van der Waals surface area contributed by atoms with Crippen molar-refractivity contribution in [1.29, 1.82) is 0 Å². The van der Waals surface area contributed by atoms with Gasteiger partial charge in [-0.15, -0.1) is 0 Å². The van der Waals surface area contributed by atoms with Gasteiger partial charge in [-0.25, -0.2) is 4.39 Å². The van der Waals surface area contributed by atoms with E-state index in [2.05, 4.69) is 6.92 Å². The summed E-state index contributed by atoms with van der Waals surface area (Å²) in [5.41, 5.74) is 0.632. The van der Waals surface area contributed by atoms with E-state index in [-0.39, 0.29) is 5.82 Å². The van der Waals surface area contributed by atoms with Gasteiger partial charge < -0.3 is 9.47 Å². The highest BCUT2D eigenvalue weighted by atomic mass is 19.1. The van der Waals surface area contributed by atoms with Crippen LogP contribution in [0.4, 0.5) is 4.39 Å². The van der Waals surface area contributed by atoms with Gasteiger partial charge in [0.15, 0.2) is 0 Å². The molecule has 2 aliphatic rings. The van der Waals surface area contributed by atoms with Crippen LogP contribution < -0.4 is 4.74 Å². The van der Waals surface area contributed by atoms with Crippen molar-refractivity contribution in [3.63, 3.8) is 0 Å². The van der Waals surface area contributed by atoms with Crippen LogP contribution in [0.25, 0.3) is 0 Å². The van der Waals surface area contributed by atoms with Crippen molar-refractivity contribution in [2.45, 2.75) is 58.2 Å². The Hall–Kier alpha value is -1.09. The van der Waals surface area contributed by atoms with Crippen LogP contribution in [0.3, 0.4) is 0 Å². The average molecular weight is 292 g/mol. The van der Waals surface area contributed by atoms with Gasteiger partial charge >= 0.3 is 0 Å². The minimum atomic E-state index is -0.215. The maximum Gasteiger partial charge on any atom is 0.132 e. The lowest BCUT2D eigenvalue weighted by Crippen LogP contribution is -2.20. The van der Waals surface area contributed by atoms with Crippen molar-refractivity contribution in [3.8, 4) is 5.75 Å². The molecule has 2 saturated carbocycles. The van der Waals surface area contributed by atoms with E-state index in [9.17, 15) is 4.39 Å². The summed E-state index contributed by atoms with van der Waals surface area (Å²) in [6, 6.07) is 5.14. The average Bonchev–Trinajstić information content (AvgIpc) is 3.30. The van der Waals surface area contributed by atoms with Gasteiger partial charge in [-0.1, -0.05) is 13.0 Å². The zero-order chi connectivity index (χ0) is 14.7. The number of benzene rings is 1. The molecule has 116 valence electrons. The first-order valence-electron chi connectivity index (χ1n) is 8.23. The molecule has 2 nitrogen and oxygen atoms in total. The summed E-state index contributed by atoms with van der Waals surface area (Å²) in [5, 5.41) is 0. The highest BCUT2D eigenvalue weighted by Crippen LogP contribution is 2.30. The van der Waals surface area contributed by atoms with Crippen LogP contribution in [0.2, 0.25) is 0 Å². The number of hydrogen-bond acceptors (Lipinski definition) is 2. The van der Waals surface area contributed by atoms with E-state index in [1.165, 1.54) is 31.7 Å². The van der Waals surface area contributed by atoms with Crippen LogP contribution in [0, 0.1) is 17.7 Å². The van der Waals surface area contributed by atoms with E-state index < -0.39 is 0 Å². The van der Waals surface area contributed by atoms with Gasteiger partial charge in [0.1, 0.15) is 11.6 Å². The van der Waals surface area contributed by atoms with E-state index in [0.29, 0.717) is 29.9 Å². The normalized spacial score (nSPS) is 25.8. The molecule has 0 radical (unpaired) electrons. The Bertz CT molecular complexity index is 462. The molecule has 0 amide bonds. The smallest absolute Gasteiger partial charge is 0.132 e. The van der Waals surface area contributed by atoms with Crippen molar-refractivity contribution in [3.05, 3.63) is 29.6 Å². The van der Waals surface area contributed by atoms with Crippen molar-refractivity contribution in [2.24, 2.45) is 11.8 Å². The predicted octanol–water partition coefficient (Wildman–Crippen LogP) is 4.71. The summed E-state index contributed by atoms with van der Waals surface area (Å²) < 4.78 is 25.5. The van der Waals surface area contributed by atoms with E-state index in [1.807, 2.05) is 6.07 Å². The van der Waals surface area contributed by atoms with Gasteiger partial charge in [0.25, 0.3) is 0 Å². The third-order valence-electron chi connectivity index (χ3n) is 4.64. The van der Waals surface area contributed by atoms with Crippen molar-refractivity contribution >= 4 is 0 Å². The summed E-state index contributed by atoms with van der Waals surface area (Å²) in [4.78, 5) is 0. The fourth-order valence-corrected chi connectivity index (χ4v) is 2.84. The predicted molar refractivity (Wildman–Crippen MR) is 80.8 cm³/mol. The molecule has 0 atom stereocenters. The fraction of sp³-hybridized carbons (Fsp3) is 0.667. The highest BCUT2D eigenvalue weighted by Gasteiger charge is 2.22. The van der Waals surface area contributed by atoms with E-state index in [4.69, 9.17) is 9.47 Å². The largest absolute Gasteiger partial charge is 0.493 e. The van der Waals surface area contributed by atoms with E-state index in [1.54, 1.807) is 6.07 Å². The molecular weight excluding hydrogens is 267 g/mol. The summed E-state index contributed by atoms with van der Waals surface area (Å²) in [6.07, 6.45) is 7.44. The maximum atomic E-state index is 14.0.